The number of anilines is 1. The van der Waals surface area contributed by atoms with Crippen LogP contribution >= 0.6 is 27.5 Å². The molecule has 2 nitrogen and oxygen atoms in total. The second-order valence-electron chi connectivity index (χ2n) is 4.82. The topological polar surface area (TPSA) is 25.2 Å². The van der Waals surface area contributed by atoms with Gasteiger partial charge in [-0.2, -0.15) is 0 Å². The number of nitrogens with one attached hydrogen (secondary N) is 1. The first-order valence-electron chi connectivity index (χ1n) is 6.43. The Kier molecular flexibility index (Phi) is 3.91. The number of benzene rings is 2. The standard InChI is InChI=1S/C16H12BrClFNO/c1-9(20-14-8-12(18)3-4-13(14)19)16-7-10-6-11(17)2-5-15(10)21-16/h2-9,20H,1H3. The van der Waals surface area contributed by atoms with Gasteiger partial charge in [0.05, 0.1) is 11.7 Å². The molecule has 0 spiro atoms. The first-order valence-corrected chi connectivity index (χ1v) is 7.60. The van der Waals surface area contributed by atoms with Gasteiger partial charge in [0.1, 0.15) is 17.2 Å². The summed E-state index contributed by atoms with van der Waals surface area (Å²) < 4.78 is 20.5. The van der Waals surface area contributed by atoms with Crippen molar-refractivity contribution in [1.29, 1.82) is 0 Å². The Morgan fingerprint density at radius 3 is 2.81 bits per heavy atom. The van der Waals surface area contributed by atoms with Gasteiger partial charge >= 0.3 is 0 Å². The Balaban J connectivity index is 1.89. The second-order valence-corrected chi connectivity index (χ2v) is 6.17. The number of fused-ring (bicyclic) bond motifs is 1. The summed E-state index contributed by atoms with van der Waals surface area (Å²) >= 11 is 9.32. The summed E-state index contributed by atoms with van der Waals surface area (Å²) in [4.78, 5) is 0. The maximum Gasteiger partial charge on any atom is 0.146 e. The van der Waals surface area contributed by atoms with Crippen LogP contribution in [0.15, 0.2) is 51.4 Å². The van der Waals surface area contributed by atoms with E-state index in [9.17, 15) is 4.39 Å². The molecule has 5 heteroatoms. The van der Waals surface area contributed by atoms with E-state index in [1.54, 1.807) is 6.07 Å². The van der Waals surface area contributed by atoms with Crippen molar-refractivity contribution >= 4 is 44.2 Å². The van der Waals surface area contributed by atoms with Crippen LogP contribution < -0.4 is 5.32 Å². The molecular formula is C16H12BrClFNO. The Morgan fingerprint density at radius 2 is 2.00 bits per heavy atom. The van der Waals surface area contributed by atoms with E-state index in [0.29, 0.717) is 10.7 Å². The second kappa shape index (κ2) is 5.70. The Hall–Kier alpha value is -1.52. The third kappa shape index (κ3) is 3.06. The number of hydrogen-bond acceptors (Lipinski definition) is 2. The van der Waals surface area contributed by atoms with Crippen LogP contribution in [-0.2, 0) is 0 Å². The summed E-state index contributed by atoms with van der Waals surface area (Å²) in [5.41, 5.74) is 1.16. The van der Waals surface area contributed by atoms with Crippen molar-refractivity contribution in [3.63, 3.8) is 0 Å². The smallest absolute Gasteiger partial charge is 0.146 e. The maximum absolute atomic E-state index is 13.7. The fraction of sp³-hybridized carbons (Fsp3) is 0.125. The minimum Gasteiger partial charge on any atom is -0.459 e. The molecule has 0 saturated carbocycles. The summed E-state index contributed by atoms with van der Waals surface area (Å²) in [6.07, 6.45) is 0. The molecule has 0 amide bonds. The maximum atomic E-state index is 13.7. The third-order valence-corrected chi connectivity index (χ3v) is 3.95. The first-order chi connectivity index (χ1) is 10.0. The minimum absolute atomic E-state index is 0.177. The van der Waals surface area contributed by atoms with Crippen molar-refractivity contribution in [3.05, 3.63) is 63.5 Å². The van der Waals surface area contributed by atoms with Crippen molar-refractivity contribution < 1.29 is 8.81 Å². The molecule has 0 radical (unpaired) electrons. The highest BCUT2D eigenvalue weighted by molar-refractivity contribution is 9.10. The van der Waals surface area contributed by atoms with E-state index in [0.717, 1.165) is 21.2 Å². The zero-order valence-corrected chi connectivity index (χ0v) is 13.5. The molecule has 1 heterocycles. The van der Waals surface area contributed by atoms with Gasteiger partial charge in [0.15, 0.2) is 0 Å². The lowest BCUT2D eigenvalue weighted by atomic mass is 10.2. The van der Waals surface area contributed by atoms with Gasteiger partial charge in [0.25, 0.3) is 0 Å². The van der Waals surface area contributed by atoms with Gasteiger partial charge in [-0.05, 0) is 49.4 Å². The fourth-order valence-corrected chi connectivity index (χ4v) is 2.71. The molecule has 0 fully saturated rings. The lowest BCUT2D eigenvalue weighted by Gasteiger charge is -2.13. The van der Waals surface area contributed by atoms with Gasteiger partial charge in [-0.1, -0.05) is 27.5 Å². The molecule has 3 rings (SSSR count). The van der Waals surface area contributed by atoms with Crippen LogP contribution in [-0.4, -0.2) is 0 Å². The predicted molar refractivity (Wildman–Crippen MR) is 87.4 cm³/mol. The molecule has 0 saturated heterocycles. The van der Waals surface area contributed by atoms with Gasteiger partial charge in [-0.15, -0.1) is 0 Å². The fourth-order valence-electron chi connectivity index (χ4n) is 2.16. The third-order valence-electron chi connectivity index (χ3n) is 3.22. The molecule has 108 valence electrons. The normalized spacial score (nSPS) is 12.6. The highest BCUT2D eigenvalue weighted by Gasteiger charge is 2.13. The van der Waals surface area contributed by atoms with Gasteiger partial charge in [0.2, 0.25) is 0 Å². The van der Waals surface area contributed by atoms with Crippen LogP contribution in [0, 0.1) is 5.82 Å². The molecule has 1 aromatic heterocycles. The summed E-state index contributed by atoms with van der Waals surface area (Å²) in [7, 11) is 0. The molecule has 1 unspecified atom stereocenters. The molecule has 0 aliphatic carbocycles. The molecule has 2 aromatic carbocycles. The van der Waals surface area contributed by atoms with E-state index in [1.807, 2.05) is 31.2 Å². The average Bonchev–Trinajstić information content (AvgIpc) is 2.86. The summed E-state index contributed by atoms with van der Waals surface area (Å²) in [6.45, 7) is 1.91. The van der Waals surface area contributed by atoms with Crippen molar-refractivity contribution in [1.82, 2.24) is 0 Å². The van der Waals surface area contributed by atoms with Crippen molar-refractivity contribution in [2.24, 2.45) is 0 Å². The zero-order valence-electron chi connectivity index (χ0n) is 11.2. The Morgan fingerprint density at radius 1 is 1.19 bits per heavy atom. The highest BCUT2D eigenvalue weighted by Crippen LogP contribution is 2.29. The molecular weight excluding hydrogens is 357 g/mol. The molecule has 21 heavy (non-hydrogen) atoms. The first kappa shape index (κ1) is 14.4. The number of halogens is 3. The van der Waals surface area contributed by atoms with Crippen LogP contribution in [0.1, 0.15) is 18.7 Å². The minimum atomic E-state index is -0.342. The van der Waals surface area contributed by atoms with Crippen LogP contribution in [0.4, 0.5) is 10.1 Å². The Labute approximate surface area is 135 Å². The van der Waals surface area contributed by atoms with Gasteiger partial charge in [-0.3, -0.25) is 0 Å². The predicted octanol–water partition coefficient (Wildman–Crippen LogP) is 6.16. The van der Waals surface area contributed by atoms with E-state index < -0.39 is 0 Å². The van der Waals surface area contributed by atoms with Crippen LogP contribution in [0.5, 0.6) is 0 Å². The van der Waals surface area contributed by atoms with E-state index in [1.165, 1.54) is 12.1 Å². The SMILES string of the molecule is CC(Nc1cc(Cl)ccc1F)c1cc2cc(Br)ccc2o1. The van der Waals surface area contributed by atoms with Crippen molar-refractivity contribution in [2.75, 3.05) is 5.32 Å². The lowest BCUT2D eigenvalue weighted by molar-refractivity contribution is 0.524. The molecule has 0 bridgehead atoms. The lowest BCUT2D eigenvalue weighted by Crippen LogP contribution is -2.06. The molecule has 3 aromatic rings. The number of rotatable bonds is 3. The highest BCUT2D eigenvalue weighted by atomic mass is 79.9. The number of hydrogen-bond donors (Lipinski definition) is 1. The van der Waals surface area contributed by atoms with E-state index in [4.69, 9.17) is 16.0 Å². The van der Waals surface area contributed by atoms with Crippen LogP contribution in [0.25, 0.3) is 11.0 Å². The van der Waals surface area contributed by atoms with Crippen LogP contribution in [0.2, 0.25) is 5.02 Å². The van der Waals surface area contributed by atoms with Gasteiger partial charge in [-0.25, -0.2) is 4.39 Å². The van der Waals surface area contributed by atoms with E-state index >= 15 is 0 Å². The molecule has 0 aliphatic heterocycles. The Bertz CT molecular complexity index is 802. The van der Waals surface area contributed by atoms with Gasteiger partial charge < -0.3 is 9.73 Å². The summed E-state index contributed by atoms with van der Waals surface area (Å²) in [5, 5.41) is 4.56. The largest absolute Gasteiger partial charge is 0.459 e. The van der Waals surface area contributed by atoms with Gasteiger partial charge in [0, 0.05) is 14.9 Å². The van der Waals surface area contributed by atoms with Crippen molar-refractivity contribution in [2.45, 2.75) is 13.0 Å². The zero-order chi connectivity index (χ0) is 15.0. The summed E-state index contributed by atoms with van der Waals surface area (Å²) in [5.74, 6) is 0.396. The van der Waals surface area contributed by atoms with Crippen LogP contribution in [0.3, 0.4) is 0 Å². The monoisotopic (exact) mass is 367 g/mol. The number of furan rings is 1. The van der Waals surface area contributed by atoms with Crippen molar-refractivity contribution in [3.8, 4) is 0 Å². The summed E-state index contributed by atoms with van der Waals surface area (Å²) in [6, 6.07) is 12.0. The quantitative estimate of drug-likeness (QED) is 0.599. The van der Waals surface area contributed by atoms with E-state index in [2.05, 4.69) is 21.2 Å². The molecule has 0 aliphatic rings. The molecule has 1 N–H and O–H groups in total. The molecule has 1 atom stereocenters. The average molecular weight is 369 g/mol. The van der Waals surface area contributed by atoms with E-state index in [-0.39, 0.29) is 11.9 Å².